The first kappa shape index (κ1) is 25.1. The maximum Gasteiger partial charge on any atom is 0.303 e. The predicted octanol–water partition coefficient (Wildman–Crippen LogP) is 4.88. The van der Waals surface area contributed by atoms with Gasteiger partial charge in [-0.25, -0.2) is 9.97 Å². The van der Waals surface area contributed by atoms with Gasteiger partial charge < -0.3 is 15.6 Å². The van der Waals surface area contributed by atoms with Gasteiger partial charge in [0, 0.05) is 36.6 Å². The molecular formula is C27H24ClN7O3. The van der Waals surface area contributed by atoms with Gasteiger partial charge in [0.2, 0.25) is 0 Å². The van der Waals surface area contributed by atoms with Crippen LogP contribution in [0.5, 0.6) is 5.88 Å². The number of halogens is 1. The standard InChI is InChI=1S/C27H24ClN7O3/c1-15(10-22(36)37)17-5-6-19(31-13-17)14-38-27-26(29)32-25(21-7-9-35(2)34-21)24(33-27)18-11-16-4-3-8-30-23(16)20(28)12-18/h3-9,11-13,15H,10,14H2,1-2H3,(H2,29,32)(H,36,37). The maximum absolute atomic E-state index is 11.0. The highest BCUT2D eigenvalue weighted by Crippen LogP contribution is 2.36. The van der Waals surface area contributed by atoms with Gasteiger partial charge in [0.05, 0.1) is 22.7 Å². The van der Waals surface area contributed by atoms with Gasteiger partial charge in [-0.1, -0.05) is 30.7 Å². The monoisotopic (exact) mass is 529 g/mol. The molecule has 0 aliphatic carbocycles. The van der Waals surface area contributed by atoms with Crippen molar-refractivity contribution in [3.05, 3.63) is 77.3 Å². The Hall–Kier alpha value is -4.57. The summed E-state index contributed by atoms with van der Waals surface area (Å²) < 4.78 is 7.61. The van der Waals surface area contributed by atoms with Crippen LogP contribution in [0.2, 0.25) is 5.02 Å². The summed E-state index contributed by atoms with van der Waals surface area (Å²) in [4.78, 5) is 29.1. The molecule has 0 saturated heterocycles. The Bertz CT molecular complexity index is 1640. The van der Waals surface area contributed by atoms with Gasteiger partial charge >= 0.3 is 5.97 Å². The minimum Gasteiger partial charge on any atom is -0.481 e. The number of aryl methyl sites for hydroxylation is 1. The number of nitrogens with zero attached hydrogens (tertiary/aromatic N) is 6. The molecular weight excluding hydrogens is 506 g/mol. The highest BCUT2D eigenvalue weighted by Gasteiger charge is 2.20. The van der Waals surface area contributed by atoms with E-state index in [-0.39, 0.29) is 30.6 Å². The van der Waals surface area contributed by atoms with Crippen LogP contribution in [-0.2, 0) is 18.4 Å². The Morgan fingerprint density at radius 3 is 2.71 bits per heavy atom. The normalized spacial score (nSPS) is 12.0. The number of hydrogen-bond donors (Lipinski definition) is 2. The van der Waals surface area contributed by atoms with Crippen molar-refractivity contribution in [2.75, 3.05) is 5.73 Å². The number of carbonyl (C=O) groups is 1. The molecule has 0 saturated carbocycles. The Kier molecular flexibility index (Phi) is 6.89. The number of hydrogen-bond acceptors (Lipinski definition) is 8. The molecule has 1 unspecified atom stereocenters. The first-order valence-electron chi connectivity index (χ1n) is 11.8. The molecule has 0 bridgehead atoms. The second kappa shape index (κ2) is 10.4. The number of nitrogen functional groups attached to an aromatic ring is 1. The molecule has 38 heavy (non-hydrogen) atoms. The summed E-state index contributed by atoms with van der Waals surface area (Å²) in [5.74, 6) is -0.753. The van der Waals surface area contributed by atoms with Gasteiger partial charge in [-0.3, -0.25) is 19.4 Å². The zero-order chi connectivity index (χ0) is 26.8. The second-order valence-corrected chi connectivity index (χ2v) is 9.30. The summed E-state index contributed by atoms with van der Waals surface area (Å²) in [5, 5.41) is 14.8. The quantitative estimate of drug-likeness (QED) is 0.287. The SMILES string of the molecule is CC(CC(=O)O)c1ccc(COc2nc(-c3cc(Cl)c4ncccc4c3)c(-c3ccn(C)n3)nc2N)nc1. The van der Waals surface area contributed by atoms with Gasteiger partial charge in [0.1, 0.15) is 23.7 Å². The summed E-state index contributed by atoms with van der Waals surface area (Å²) in [6.45, 7) is 1.94. The molecule has 4 aromatic heterocycles. The fourth-order valence-electron chi connectivity index (χ4n) is 4.08. The van der Waals surface area contributed by atoms with Crippen LogP contribution in [0, 0.1) is 0 Å². The molecule has 11 heteroatoms. The predicted molar refractivity (Wildman–Crippen MR) is 144 cm³/mol. The topological polar surface area (TPSA) is 142 Å². The minimum atomic E-state index is -0.854. The van der Waals surface area contributed by atoms with E-state index in [1.807, 2.05) is 50.5 Å². The van der Waals surface area contributed by atoms with E-state index in [2.05, 4.69) is 20.1 Å². The van der Waals surface area contributed by atoms with Crippen molar-refractivity contribution in [2.24, 2.45) is 7.05 Å². The van der Waals surface area contributed by atoms with Crippen LogP contribution in [0.15, 0.2) is 61.1 Å². The van der Waals surface area contributed by atoms with Crippen LogP contribution in [0.4, 0.5) is 5.82 Å². The van der Waals surface area contributed by atoms with Crippen LogP contribution in [0.1, 0.15) is 30.5 Å². The molecule has 1 atom stereocenters. The van der Waals surface area contributed by atoms with Crippen LogP contribution in [0.3, 0.4) is 0 Å². The van der Waals surface area contributed by atoms with Gasteiger partial charge in [-0.05, 0) is 41.8 Å². The van der Waals surface area contributed by atoms with Crippen LogP contribution >= 0.6 is 11.6 Å². The molecule has 1 aromatic carbocycles. The number of rotatable bonds is 8. The lowest BCUT2D eigenvalue weighted by Gasteiger charge is -2.14. The lowest BCUT2D eigenvalue weighted by Crippen LogP contribution is -2.08. The largest absolute Gasteiger partial charge is 0.481 e. The lowest BCUT2D eigenvalue weighted by molar-refractivity contribution is -0.137. The second-order valence-electron chi connectivity index (χ2n) is 8.89. The molecule has 3 N–H and O–H groups in total. The average Bonchev–Trinajstić information content (AvgIpc) is 3.33. The zero-order valence-electron chi connectivity index (χ0n) is 20.7. The third kappa shape index (κ3) is 5.25. The number of benzene rings is 1. The summed E-state index contributed by atoms with van der Waals surface area (Å²) in [5.41, 5.74) is 10.7. The smallest absolute Gasteiger partial charge is 0.303 e. The van der Waals surface area contributed by atoms with E-state index in [4.69, 9.17) is 32.2 Å². The van der Waals surface area contributed by atoms with Gasteiger partial charge in [-0.15, -0.1) is 0 Å². The number of fused-ring (bicyclic) bond motifs is 1. The fraction of sp³-hybridized carbons (Fsp3) is 0.185. The molecule has 0 aliphatic rings. The highest BCUT2D eigenvalue weighted by molar-refractivity contribution is 6.35. The first-order chi connectivity index (χ1) is 18.3. The van der Waals surface area contributed by atoms with Crippen LogP contribution in [-0.4, -0.2) is 40.8 Å². The Morgan fingerprint density at radius 1 is 1.16 bits per heavy atom. The zero-order valence-corrected chi connectivity index (χ0v) is 21.4. The summed E-state index contributed by atoms with van der Waals surface area (Å²) in [6.07, 6.45) is 5.19. The van der Waals surface area contributed by atoms with Gasteiger partial charge in [-0.2, -0.15) is 5.10 Å². The number of aliphatic carboxylic acids is 1. The number of carboxylic acids is 1. The highest BCUT2D eigenvalue weighted by atomic mass is 35.5. The number of anilines is 1. The van der Waals surface area contributed by atoms with E-state index < -0.39 is 5.97 Å². The molecule has 10 nitrogen and oxygen atoms in total. The summed E-state index contributed by atoms with van der Waals surface area (Å²) >= 11 is 6.56. The molecule has 0 aliphatic heterocycles. The van der Waals surface area contributed by atoms with Crippen molar-refractivity contribution >= 4 is 34.3 Å². The number of ether oxygens (including phenoxy) is 1. The third-order valence-corrected chi connectivity index (χ3v) is 6.32. The minimum absolute atomic E-state index is 0.0316. The molecule has 0 fully saturated rings. The van der Waals surface area contributed by atoms with Crippen molar-refractivity contribution in [1.82, 2.24) is 29.7 Å². The Labute approximate surface area is 223 Å². The summed E-state index contributed by atoms with van der Waals surface area (Å²) in [7, 11) is 1.82. The summed E-state index contributed by atoms with van der Waals surface area (Å²) in [6, 6.07) is 12.9. The lowest BCUT2D eigenvalue weighted by atomic mass is 9.99. The Morgan fingerprint density at radius 2 is 2.00 bits per heavy atom. The number of pyridine rings is 2. The third-order valence-electron chi connectivity index (χ3n) is 6.03. The number of carboxylic acid groups (broad SMARTS) is 1. The van der Waals surface area contributed by atoms with Crippen molar-refractivity contribution in [2.45, 2.75) is 25.9 Å². The van der Waals surface area contributed by atoms with E-state index in [0.717, 1.165) is 10.9 Å². The molecule has 192 valence electrons. The molecule has 0 amide bonds. The molecule has 5 aromatic rings. The molecule has 0 radical (unpaired) electrons. The van der Waals surface area contributed by atoms with Gasteiger partial charge in [0.25, 0.3) is 5.88 Å². The number of aromatic nitrogens is 6. The van der Waals surface area contributed by atoms with Crippen molar-refractivity contribution in [1.29, 1.82) is 0 Å². The van der Waals surface area contributed by atoms with Crippen molar-refractivity contribution in [3.63, 3.8) is 0 Å². The van der Waals surface area contributed by atoms with Crippen molar-refractivity contribution < 1.29 is 14.6 Å². The van der Waals surface area contributed by atoms with E-state index in [1.165, 1.54) is 0 Å². The molecule has 0 spiro atoms. The fourth-order valence-corrected chi connectivity index (χ4v) is 4.36. The first-order valence-corrected chi connectivity index (χ1v) is 12.2. The van der Waals surface area contributed by atoms with Crippen LogP contribution in [0.25, 0.3) is 33.5 Å². The van der Waals surface area contributed by atoms with Gasteiger partial charge in [0.15, 0.2) is 5.82 Å². The Balaban J connectivity index is 1.49. The van der Waals surface area contributed by atoms with Crippen molar-refractivity contribution in [3.8, 4) is 28.5 Å². The van der Waals surface area contributed by atoms with E-state index >= 15 is 0 Å². The maximum atomic E-state index is 11.0. The average molecular weight is 530 g/mol. The number of nitrogens with two attached hydrogens (primary N) is 1. The molecule has 4 heterocycles. The van der Waals surface area contributed by atoms with E-state index in [0.29, 0.717) is 38.9 Å². The van der Waals surface area contributed by atoms with Crippen LogP contribution < -0.4 is 10.5 Å². The molecule has 5 rings (SSSR count). The van der Waals surface area contributed by atoms with E-state index in [9.17, 15) is 4.79 Å². The van der Waals surface area contributed by atoms with E-state index in [1.54, 1.807) is 29.2 Å².